The highest BCUT2D eigenvalue weighted by atomic mass is 16.6. The lowest BCUT2D eigenvalue weighted by Gasteiger charge is -2.22. The van der Waals surface area contributed by atoms with Crippen LogP contribution in [0, 0.1) is 5.92 Å². The highest BCUT2D eigenvalue weighted by molar-refractivity contribution is 5.86. The molecule has 4 atom stereocenters. The number of amides is 3. The minimum absolute atomic E-state index is 0.0245. The van der Waals surface area contributed by atoms with Crippen molar-refractivity contribution in [2.24, 2.45) is 5.92 Å². The van der Waals surface area contributed by atoms with Gasteiger partial charge in [-0.2, -0.15) is 0 Å². The van der Waals surface area contributed by atoms with Crippen LogP contribution in [0.2, 0.25) is 0 Å². The Balaban J connectivity index is 1.06. The van der Waals surface area contributed by atoms with Gasteiger partial charge in [-0.25, -0.2) is 9.59 Å². The SMILES string of the molecule is C=CCCC(NC(=O)OCC1c2ccccc2-c2ccccc21)C(=O)OC(C)CNC(=O)C(CC=C)CC(=O)NC(CO)Cc1ccc(OCc2ccccc2)cc1. The van der Waals surface area contributed by atoms with Gasteiger partial charge in [-0.05, 0) is 78.1 Å². The summed E-state index contributed by atoms with van der Waals surface area (Å²) in [5.74, 6) is -1.66. The molecule has 58 heavy (non-hydrogen) atoms. The van der Waals surface area contributed by atoms with Crippen LogP contribution in [-0.2, 0) is 36.9 Å². The molecular formula is C47H53N3O8. The Morgan fingerprint density at radius 1 is 0.810 bits per heavy atom. The van der Waals surface area contributed by atoms with Crippen molar-refractivity contribution in [2.45, 2.75) is 69.7 Å². The normalized spacial score (nSPS) is 13.7. The number of aliphatic hydroxyl groups excluding tert-OH is 1. The second-order valence-corrected chi connectivity index (χ2v) is 14.4. The summed E-state index contributed by atoms with van der Waals surface area (Å²) in [6, 6.07) is 31.8. The minimum Gasteiger partial charge on any atom is -0.489 e. The first kappa shape index (κ1) is 42.9. The molecule has 4 aromatic rings. The number of hydrogen-bond donors (Lipinski definition) is 4. The summed E-state index contributed by atoms with van der Waals surface area (Å²) in [4.78, 5) is 52.5. The predicted molar refractivity (Wildman–Crippen MR) is 223 cm³/mol. The Kier molecular flexibility index (Phi) is 16.2. The van der Waals surface area contributed by atoms with Gasteiger partial charge < -0.3 is 35.3 Å². The lowest BCUT2D eigenvalue weighted by Crippen LogP contribution is -2.45. The van der Waals surface area contributed by atoms with Crippen LogP contribution in [0.25, 0.3) is 11.1 Å². The average Bonchev–Trinajstić information content (AvgIpc) is 3.56. The van der Waals surface area contributed by atoms with Crippen LogP contribution in [0.1, 0.15) is 60.8 Å². The first-order valence-electron chi connectivity index (χ1n) is 19.7. The molecular weight excluding hydrogens is 735 g/mol. The fourth-order valence-electron chi connectivity index (χ4n) is 6.93. The molecule has 0 saturated heterocycles. The molecule has 11 nitrogen and oxygen atoms in total. The maximum atomic E-state index is 13.2. The standard InChI is InChI=1S/C47H53N3O8/c1-4-6-21-43(50-47(55)57-31-42-40-19-12-10-17-38(40)39-18-11-13-20-41(39)42)46(54)58-32(3)28-48-45(53)35(14-5-2)27-44(52)49-36(29-51)26-33-22-24-37(25-23-33)56-30-34-15-8-7-9-16-34/h4-5,7-13,15-20,22-25,32,35-36,42-43,51H,1-2,6,14,21,26-31H2,3H3,(H,48,53)(H,49,52)(H,50,55). The zero-order valence-electron chi connectivity index (χ0n) is 32.9. The molecule has 0 fully saturated rings. The number of ether oxygens (including phenoxy) is 3. The molecule has 0 aromatic heterocycles. The Bertz CT molecular complexity index is 1960. The third-order valence-electron chi connectivity index (χ3n) is 9.95. The van der Waals surface area contributed by atoms with Crippen molar-refractivity contribution < 1.29 is 38.5 Å². The number of nitrogens with one attached hydrogen (secondary N) is 3. The summed E-state index contributed by atoms with van der Waals surface area (Å²) in [5, 5.41) is 18.3. The monoisotopic (exact) mass is 787 g/mol. The molecule has 0 saturated carbocycles. The van der Waals surface area contributed by atoms with Gasteiger partial charge in [0.2, 0.25) is 11.8 Å². The number of hydrogen-bond acceptors (Lipinski definition) is 8. The second-order valence-electron chi connectivity index (χ2n) is 14.4. The van der Waals surface area contributed by atoms with E-state index in [9.17, 15) is 24.3 Å². The van der Waals surface area contributed by atoms with Crippen LogP contribution in [0.5, 0.6) is 5.75 Å². The van der Waals surface area contributed by atoms with Crippen molar-refractivity contribution in [2.75, 3.05) is 19.8 Å². The Labute approximate surface area is 340 Å². The third kappa shape index (κ3) is 12.4. The van der Waals surface area contributed by atoms with Gasteiger partial charge in [0.1, 0.15) is 31.1 Å². The summed E-state index contributed by atoms with van der Waals surface area (Å²) < 4.78 is 17.1. The van der Waals surface area contributed by atoms with Gasteiger partial charge in [-0.1, -0.05) is 103 Å². The number of carbonyl (C=O) groups is 4. The molecule has 3 amide bonds. The molecule has 11 heteroatoms. The molecule has 0 bridgehead atoms. The number of benzene rings is 4. The summed E-state index contributed by atoms with van der Waals surface area (Å²) in [5.41, 5.74) is 6.31. The second kappa shape index (κ2) is 21.9. The van der Waals surface area contributed by atoms with Crippen molar-refractivity contribution in [1.82, 2.24) is 16.0 Å². The van der Waals surface area contributed by atoms with E-state index in [-0.39, 0.29) is 44.9 Å². The summed E-state index contributed by atoms with van der Waals surface area (Å²) >= 11 is 0. The first-order valence-corrected chi connectivity index (χ1v) is 19.7. The Hall–Kier alpha value is -6.20. The van der Waals surface area contributed by atoms with Gasteiger partial charge in [0.05, 0.1) is 25.1 Å². The number of esters is 1. The highest BCUT2D eigenvalue weighted by Crippen LogP contribution is 2.44. The number of alkyl carbamates (subject to hydrolysis) is 1. The number of allylic oxidation sites excluding steroid dienone is 2. The number of rotatable bonds is 22. The molecule has 4 unspecified atom stereocenters. The lowest BCUT2D eigenvalue weighted by molar-refractivity contribution is -0.151. The first-order chi connectivity index (χ1) is 28.2. The number of aliphatic hydroxyl groups is 1. The van der Waals surface area contributed by atoms with Gasteiger partial charge in [0, 0.05) is 12.3 Å². The van der Waals surface area contributed by atoms with E-state index in [4.69, 9.17) is 14.2 Å². The maximum absolute atomic E-state index is 13.2. The number of carbonyl (C=O) groups excluding carboxylic acids is 4. The largest absolute Gasteiger partial charge is 0.489 e. The van der Waals surface area contributed by atoms with Gasteiger partial charge in [-0.15, -0.1) is 13.2 Å². The van der Waals surface area contributed by atoms with Crippen molar-refractivity contribution in [3.8, 4) is 16.9 Å². The Morgan fingerprint density at radius 2 is 1.47 bits per heavy atom. The van der Waals surface area contributed by atoms with E-state index in [1.165, 1.54) is 0 Å². The summed E-state index contributed by atoms with van der Waals surface area (Å²) in [6.45, 7) is 9.31. The quantitative estimate of drug-likeness (QED) is 0.0502. The molecule has 0 spiro atoms. The van der Waals surface area contributed by atoms with Gasteiger partial charge in [-0.3, -0.25) is 9.59 Å². The van der Waals surface area contributed by atoms with E-state index in [0.29, 0.717) is 25.2 Å². The lowest BCUT2D eigenvalue weighted by atomic mass is 9.98. The smallest absolute Gasteiger partial charge is 0.407 e. The molecule has 1 aliphatic carbocycles. The fraction of sp³-hybridized carbons (Fsp3) is 0.319. The summed E-state index contributed by atoms with van der Waals surface area (Å²) in [7, 11) is 0. The van der Waals surface area contributed by atoms with E-state index >= 15 is 0 Å². The molecule has 1 aliphatic rings. The van der Waals surface area contributed by atoms with Crippen LogP contribution in [0.3, 0.4) is 0 Å². The Morgan fingerprint density at radius 3 is 2.10 bits per heavy atom. The molecule has 304 valence electrons. The van der Waals surface area contributed by atoms with Crippen LogP contribution >= 0.6 is 0 Å². The van der Waals surface area contributed by atoms with Gasteiger partial charge >= 0.3 is 12.1 Å². The zero-order chi connectivity index (χ0) is 41.3. The predicted octanol–water partition coefficient (Wildman–Crippen LogP) is 6.79. The molecule has 4 aromatic carbocycles. The van der Waals surface area contributed by atoms with Gasteiger partial charge in [0.25, 0.3) is 0 Å². The summed E-state index contributed by atoms with van der Waals surface area (Å²) in [6.07, 6.45) is 2.86. The van der Waals surface area contributed by atoms with Crippen LogP contribution < -0.4 is 20.7 Å². The van der Waals surface area contributed by atoms with Crippen LogP contribution in [0.4, 0.5) is 4.79 Å². The average molecular weight is 788 g/mol. The minimum atomic E-state index is -1.01. The third-order valence-corrected chi connectivity index (χ3v) is 9.95. The molecule has 5 rings (SSSR count). The maximum Gasteiger partial charge on any atom is 0.407 e. The van der Waals surface area contributed by atoms with Crippen LogP contribution in [0.15, 0.2) is 128 Å². The molecule has 0 aliphatic heterocycles. The van der Waals surface area contributed by atoms with E-state index in [2.05, 4.69) is 41.2 Å². The van der Waals surface area contributed by atoms with Crippen molar-refractivity contribution in [1.29, 1.82) is 0 Å². The van der Waals surface area contributed by atoms with E-state index in [0.717, 1.165) is 33.4 Å². The van der Waals surface area contributed by atoms with E-state index in [1.807, 2.05) is 91.0 Å². The van der Waals surface area contributed by atoms with Crippen molar-refractivity contribution in [3.63, 3.8) is 0 Å². The molecule has 0 heterocycles. The van der Waals surface area contributed by atoms with E-state index in [1.54, 1.807) is 19.1 Å². The fourth-order valence-corrected chi connectivity index (χ4v) is 6.93. The zero-order valence-corrected chi connectivity index (χ0v) is 32.9. The van der Waals surface area contributed by atoms with Crippen molar-refractivity contribution >= 4 is 23.9 Å². The van der Waals surface area contributed by atoms with Gasteiger partial charge in [0.15, 0.2) is 0 Å². The molecule has 0 radical (unpaired) electrons. The van der Waals surface area contributed by atoms with Crippen LogP contribution in [-0.4, -0.2) is 66.9 Å². The topological polar surface area (TPSA) is 152 Å². The number of fused-ring (bicyclic) bond motifs is 3. The highest BCUT2D eigenvalue weighted by Gasteiger charge is 2.31. The molecule has 4 N–H and O–H groups in total. The van der Waals surface area contributed by atoms with E-state index < -0.39 is 48.0 Å². The van der Waals surface area contributed by atoms with Crippen molar-refractivity contribution in [3.05, 3.63) is 151 Å².